The number of benzene rings is 1. The number of carbonyl (C=O) groups is 1. The third-order valence-corrected chi connectivity index (χ3v) is 4.02. The van der Waals surface area contributed by atoms with Crippen LogP contribution in [0, 0.1) is 5.92 Å². The molecule has 1 aliphatic rings. The van der Waals surface area contributed by atoms with Crippen LogP contribution in [0.15, 0.2) is 35.3 Å². The van der Waals surface area contributed by atoms with Gasteiger partial charge in [-0.3, -0.25) is 9.79 Å². The number of hydrogen-bond donors (Lipinski definition) is 2. The van der Waals surface area contributed by atoms with Crippen molar-refractivity contribution in [1.82, 2.24) is 15.5 Å². The number of guanidine groups is 1. The molecule has 1 amide bonds. The van der Waals surface area contributed by atoms with E-state index in [0.29, 0.717) is 24.6 Å². The molecular weight excluding hydrogens is 431 g/mol. The van der Waals surface area contributed by atoms with E-state index in [2.05, 4.69) is 27.4 Å². The highest BCUT2D eigenvalue weighted by atomic mass is 127. The zero-order valence-electron chi connectivity index (χ0n) is 15.0. The molecule has 1 unspecified atom stereocenters. The number of halogens is 1. The standard InChI is InChI=1S/C18H28N4O2.HI/c1-3-19-18(22-12-9-15(13-22)14-24-2)21-11-10-20-17(23)16-7-5-4-6-8-16;/h4-8,15H,3,9-14H2,1-2H3,(H,19,21)(H,20,23);1H. The highest BCUT2D eigenvalue weighted by Gasteiger charge is 2.24. The van der Waals surface area contributed by atoms with Gasteiger partial charge in [0.25, 0.3) is 5.91 Å². The second kappa shape index (κ2) is 12.1. The first-order chi connectivity index (χ1) is 11.7. The lowest BCUT2D eigenvalue weighted by Crippen LogP contribution is -2.40. The molecule has 0 spiro atoms. The van der Waals surface area contributed by atoms with Gasteiger partial charge < -0.3 is 20.3 Å². The van der Waals surface area contributed by atoms with Gasteiger partial charge in [-0.2, -0.15) is 0 Å². The summed E-state index contributed by atoms with van der Waals surface area (Å²) in [6, 6.07) is 9.24. The van der Waals surface area contributed by atoms with Gasteiger partial charge >= 0.3 is 0 Å². The number of aliphatic imine (C=N–C) groups is 1. The molecule has 2 rings (SSSR count). The predicted molar refractivity (Wildman–Crippen MR) is 112 cm³/mol. The average molecular weight is 460 g/mol. The topological polar surface area (TPSA) is 66.0 Å². The Kier molecular flexibility index (Phi) is 10.5. The van der Waals surface area contributed by atoms with E-state index in [4.69, 9.17) is 4.74 Å². The molecule has 1 aromatic rings. The SMILES string of the molecule is CCNC(=NCCNC(=O)c1ccccc1)N1CCC(COC)C1.I. The molecule has 0 aliphatic carbocycles. The highest BCUT2D eigenvalue weighted by Crippen LogP contribution is 2.16. The van der Waals surface area contributed by atoms with Crippen LogP contribution in [-0.2, 0) is 4.74 Å². The van der Waals surface area contributed by atoms with Crippen molar-refractivity contribution in [2.24, 2.45) is 10.9 Å². The Hall–Kier alpha value is -1.35. The lowest BCUT2D eigenvalue weighted by molar-refractivity contribution is 0.0955. The molecule has 1 heterocycles. The van der Waals surface area contributed by atoms with E-state index in [9.17, 15) is 4.79 Å². The van der Waals surface area contributed by atoms with Crippen LogP contribution in [0.3, 0.4) is 0 Å². The van der Waals surface area contributed by atoms with E-state index in [1.54, 1.807) is 7.11 Å². The number of rotatable bonds is 7. The number of nitrogens with zero attached hydrogens (tertiary/aromatic N) is 2. The summed E-state index contributed by atoms with van der Waals surface area (Å²) in [7, 11) is 1.75. The Bertz CT molecular complexity index is 539. The molecule has 0 aromatic heterocycles. The number of methoxy groups -OCH3 is 1. The lowest BCUT2D eigenvalue weighted by atomic mass is 10.1. The van der Waals surface area contributed by atoms with E-state index >= 15 is 0 Å². The number of ether oxygens (including phenoxy) is 1. The minimum Gasteiger partial charge on any atom is -0.384 e. The molecule has 1 atom stereocenters. The van der Waals surface area contributed by atoms with E-state index in [1.165, 1.54) is 0 Å². The van der Waals surface area contributed by atoms with Crippen LogP contribution in [0.1, 0.15) is 23.7 Å². The van der Waals surface area contributed by atoms with Gasteiger partial charge in [-0.15, -0.1) is 24.0 Å². The Balaban J connectivity index is 0.00000312. The number of carbonyl (C=O) groups excluding carboxylic acids is 1. The summed E-state index contributed by atoms with van der Waals surface area (Å²) in [5.41, 5.74) is 0.676. The van der Waals surface area contributed by atoms with Crippen molar-refractivity contribution < 1.29 is 9.53 Å². The third kappa shape index (κ3) is 7.19. The Labute approximate surface area is 167 Å². The first-order valence-corrected chi connectivity index (χ1v) is 8.60. The molecule has 0 radical (unpaired) electrons. The van der Waals surface area contributed by atoms with Gasteiger partial charge in [0.2, 0.25) is 0 Å². The maximum atomic E-state index is 12.0. The van der Waals surface area contributed by atoms with E-state index < -0.39 is 0 Å². The summed E-state index contributed by atoms with van der Waals surface area (Å²) >= 11 is 0. The summed E-state index contributed by atoms with van der Waals surface area (Å²) in [6.07, 6.45) is 1.13. The maximum Gasteiger partial charge on any atom is 0.251 e. The number of hydrogen-bond acceptors (Lipinski definition) is 3. The van der Waals surface area contributed by atoms with Gasteiger partial charge in [0.1, 0.15) is 0 Å². The molecule has 0 saturated carbocycles. The van der Waals surface area contributed by atoms with Crippen molar-refractivity contribution in [3.05, 3.63) is 35.9 Å². The van der Waals surface area contributed by atoms with Crippen molar-refractivity contribution in [2.75, 3.05) is 46.4 Å². The lowest BCUT2D eigenvalue weighted by Gasteiger charge is -2.21. The van der Waals surface area contributed by atoms with Crippen LogP contribution < -0.4 is 10.6 Å². The predicted octanol–water partition coefficient (Wildman–Crippen LogP) is 1.97. The van der Waals surface area contributed by atoms with Crippen molar-refractivity contribution in [1.29, 1.82) is 0 Å². The Morgan fingerprint density at radius 1 is 1.32 bits per heavy atom. The fourth-order valence-corrected chi connectivity index (χ4v) is 2.85. The minimum absolute atomic E-state index is 0. The quantitative estimate of drug-likeness (QED) is 0.283. The van der Waals surface area contributed by atoms with Gasteiger partial charge in [-0.25, -0.2) is 0 Å². The zero-order chi connectivity index (χ0) is 17.2. The summed E-state index contributed by atoms with van der Waals surface area (Å²) in [6.45, 7) is 6.75. The summed E-state index contributed by atoms with van der Waals surface area (Å²) in [5, 5.41) is 6.23. The van der Waals surface area contributed by atoms with E-state index in [1.807, 2.05) is 30.3 Å². The Morgan fingerprint density at radius 3 is 2.76 bits per heavy atom. The van der Waals surface area contributed by atoms with Crippen LogP contribution >= 0.6 is 24.0 Å². The van der Waals surface area contributed by atoms with Gasteiger partial charge in [-0.1, -0.05) is 18.2 Å². The molecule has 1 aliphatic heterocycles. The largest absolute Gasteiger partial charge is 0.384 e. The van der Waals surface area contributed by atoms with Gasteiger partial charge in [0, 0.05) is 44.8 Å². The molecular formula is C18H29IN4O2. The van der Waals surface area contributed by atoms with Gasteiger partial charge in [-0.05, 0) is 25.5 Å². The molecule has 25 heavy (non-hydrogen) atoms. The maximum absolute atomic E-state index is 12.0. The van der Waals surface area contributed by atoms with Crippen molar-refractivity contribution in [3.63, 3.8) is 0 Å². The molecule has 1 fully saturated rings. The number of amides is 1. The molecule has 140 valence electrons. The second-order valence-corrected chi connectivity index (χ2v) is 5.91. The zero-order valence-corrected chi connectivity index (χ0v) is 17.4. The summed E-state index contributed by atoms with van der Waals surface area (Å²) in [4.78, 5) is 18.9. The van der Waals surface area contributed by atoms with Gasteiger partial charge in [0.15, 0.2) is 5.96 Å². The minimum atomic E-state index is -0.0582. The molecule has 1 aromatic carbocycles. The smallest absolute Gasteiger partial charge is 0.251 e. The van der Waals surface area contributed by atoms with Crippen LogP contribution in [0.2, 0.25) is 0 Å². The van der Waals surface area contributed by atoms with Crippen molar-refractivity contribution in [3.8, 4) is 0 Å². The second-order valence-electron chi connectivity index (χ2n) is 5.91. The molecule has 0 bridgehead atoms. The monoisotopic (exact) mass is 460 g/mol. The molecule has 6 nitrogen and oxygen atoms in total. The third-order valence-electron chi connectivity index (χ3n) is 4.02. The fourth-order valence-electron chi connectivity index (χ4n) is 2.85. The fraction of sp³-hybridized carbons (Fsp3) is 0.556. The Morgan fingerprint density at radius 2 is 2.08 bits per heavy atom. The van der Waals surface area contributed by atoms with Crippen LogP contribution in [-0.4, -0.2) is 63.2 Å². The van der Waals surface area contributed by atoms with Gasteiger partial charge in [0.05, 0.1) is 13.2 Å². The van der Waals surface area contributed by atoms with Crippen LogP contribution in [0.25, 0.3) is 0 Å². The number of likely N-dealkylation sites (tertiary alicyclic amines) is 1. The molecule has 1 saturated heterocycles. The first-order valence-electron chi connectivity index (χ1n) is 8.60. The van der Waals surface area contributed by atoms with Crippen LogP contribution in [0.4, 0.5) is 0 Å². The van der Waals surface area contributed by atoms with Crippen molar-refractivity contribution >= 4 is 35.8 Å². The van der Waals surface area contributed by atoms with E-state index in [0.717, 1.165) is 38.6 Å². The highest BCUT2D eigenvalue weighted by molar-refractivity contribution is 14.0. The van der Waals surface area contributed by atoms with E-state index in [-0.39, 0.29) is 29.9 Å². The first kappa shape index (κ1) is 21.7. The number of nitrogens with one attached hydrogen (secondary N) is 2. The summed E-state index contributed by atoms with van der Waals surface area (Å²) < 4.78 is 5.25. The van der Waals surface area contributed by atoms with Crippen LogP contribution in [0.5, 0.6) is 0 Å². The molecule has 7 heteroatoms. The molecule has 2 N–H and O–H groups in total. The summed E-state index contributed by atoms with van der Waals surface area (Å²) in [5.74, 6) is 1.43. The average Bonchev–Trinajstić information content (AvgIpc) is 3.07. The van der Waals surface area contributed by atoms with Crippen molar-refractivity contribution in [2.45, 2.75) is 13.3 Å². The normalized spacial score (nSPS) is 17.1.